The minimum Gasteiger partial charge on any atom is -0.328 e. The molecule has 0 radical (unpaired) electrons. The van der Waals surface area contributed by atoms with Crippen LogP contribution in [0.2, 0.25) is 0 Å². The van der Waals surface area contributed by atoms with E-state index >= 15 is 0 Å². The Morgan fingerprint density at radius 2 is 2.00 bits per heavy atom. The molecule has 1 aromatic carbocycles. The summed E-state index contributed by atoms with van der Waals surface area (Å²) in [6, 6.07) is 10.3. The fourth-order valence-electron chi connectivity index (χ4n) is 3.55. The molecule has 9 heteroatoms. The van der Waals surface area contributed by atoms with E-state index in [-0.39, 0.29) is 28.7 Å². The number of aryl methyl sites for hydroxylation is 1. The number of aromatic nitrogens is 2. The van der Waals surface area contributed by atoms with Gasteiger partial charge in [-0.1, -0.05) is 24.3 Å². The number of thiophene rings is 1. The second kappa shape index (κ2) is 7.14. The third-order valence-corrected chi connectivity index (χ3v) is 7.59. The van der Waals surface area contributed by atoms with Crippen molar-refractivity contribution in [2.75, 3.05) is 11.5 Å². The Morgan fingerprint density at radius 3 is 2.64 bits per heavy atom. The van der Waals surface area contributed by atoms with Crippen LogP contribution in [-0.2, 0) is 23.4 Å². The average molecular weight is 418 g/mol. The molecule has 1 fully saturated rings. The first kappa shape index (κ1) is 18.8. The largest absolute Gasteiger partial charge is 0.328 e. The fraction of sp³-hybridized carbons (Fsp3) is 0.316. The van der Waals surface area contributed by atoms with E-state index in [4.69, 9.17) is 0 Å². The number of hydrogen-bond acceptors (Lipinski definition) is 6. The summed E-state index contributed by atoms with van der Waals surface area (Å²) in [6.07, 6.45) is 0.406. The number of carbonyl (C=O) groups excluding carboxylic acids is 1. The highest BCUT2D eigenvalue weighted by molar-refractivity contribution is 7.91. The molecule has 0 spiro atoms. The van der Waals surface area contributed by atoms with Gasteiger partial charge in [0.1, 0.15) is 0 Å². The van der Waals surface area contributed by atoms with E-state index in [2.05, 4.69) is 5.10 Å². The van der Waals surface area contributed by atoms with Crippen LogP contribution in [-0.4, -0.2) is 46.6 Å². The van der Waals surface area contributed by atoms with Gasteiger partial charge < -0.3 is 4.90 Å². The van der Waals surface area contributed by atoms with Crippen LogP contribution in [0.15, 0.2) is 46.6 Å². The van der Waals surface area contributed by atoms with Crippen molar-refractivity contribution in [3.05, 3.63) is 62.7 Å². The summed E-state index contributed by atoms with van der Waals surface area (Å²) in [5.74, 6) is -0.330. The quantitative estimate of drug-likeness (QED) is 0.646. The van der Waals surface area contributed by atoms with Gasteiger partial charge in [0.25, 0.3) is 11.5 Å². The number of hydrogen-bond donors (Lipinski definition) is 0. The predicted octanol–water partition coefficient (Wildman–Crippen LogP) is 1.82. The van der Waals surface area contributed by atoms with Crippen LogP contribution >= 0.6 is 11.3 Å². The Labute approximate surface area is 166 Å². The van der Waals surface area contributed by atoms with E-state index in [0.29, 0.717) is 23.7 Å². The number of amides is 1. The maximum atomic E-state index is 13.5. The SMILES string of the molecule is Cn1nc(C(=O)N(Cc2cccs2)C2CCS(=O)(=O)C2)c2ccccc2c1=O. The molecule has 3 aromatic rings. The van der Waals surface area contributed by atoms with Gasteiger partial charge in [-0.3, -0.25) is 9.59 Å². The molecule has 1 saturated heterocycles. The van der Waals surface area contributed by atoms with Crippen molar-refractivity contribution < 1.29 is 13.2 Å². The van der Waals surface area contributed by atoms with Crippen LogP contribution in [0.4, 0.5) is 0 Å². The number of rotatable bonds is 4. The summed E-state index contributed by atoms with van der Waals surface area (Å²) >= 11 is 1.51. The first-order valence-electron chi connectivity index (χ1n) is 8.85. The number of fused-ring (bicyclic) bond motifs is 1. The van der Waals surface area contributed by atoms with Crippen LogP contribution in [0, 0.1) is 0 Å². The third-order valence-electron chi connectivity index (χ3n) is 4.98. The second-order valence-electron chi connectivity index (χ2n) is 6.89. The minimum atomic E-state index is -3.16. The maximum Gasteiger partial charge on any atom is 0.275 e. The Hall–Kier alpha value is -2.52. The number of carbonyl (C=O) groups is 1. The van der Waals surface area contributed by atoms with E-state index in [1.54, 1.807) is 29.2 Å². The molecular weight excluding hydrogens is 398 g/mol. The Morgan fingerprint density at radius 1 is 1.25 bits per heavy atom. The molecule has 1 aliphatic rings. The zero-order chi connectivity index (χ0) is 19.9. The summed E-state index contributed by atoms with van der Waals surface area (Å²) in [5, 5.41) is 7.04. The topological polar surface area (TPSA) is 89.3 Å². The van der Waals surface area contributed by atoms with Crippen molar-refractivity contribution in [2.45, 2.75) is 19.0 Å². The van der Waals surface area contributed by atoms with E-state index in [0.717, 1.165) is 9.56 Å². The Balaban J connectivity index is 1.81. The highest BCUT2D eigenvalue weighted by Gasteiger charge is 2.36. The molecule has 0 bridgehead atoms. The van der Waals surface area contributed by atoms with Crippen LogP contribution in [0.5, 0.6) is 0 Å². The number of sulfone groups is 1. The summed E-state index contributed by atoms with van der Waals surface area (Å²) in [4.78, 5) is 28.4. The Kier molecular flexibility index (Phi) is 4.80. The van der Waals surface area contributed by atoms with Gasteiger partial charge in [0.2, 0.25) is 0 Å². The van der Waals surface area contributed by atoms with Gasteiger partial charge in [-0.05, 0) is 23.9 Å². The fourth-order valence-corrected chi connectivity index (χ4v) is 5.99. The van der Waals surface area contributed by atoms with Crippen LogP contribution in [0.1, 0.15) is 21.8 Å². The van der Waals surface area contributed by atoms with E-state index < -0.39 is 15.9 Å². The summed E-state index contributed by atoms with van der Waals surface area (Å²) in [5.41, 5.74) is -0.112. The highest BCUT2D eigenvalue weighted by Crippen LogP contribution is 2.25. The minimum absolute atomic E-state index is 0.0478. The molecule has 3 heterocycles. The molecule has 7 nitrogen and oxygen atoms in total. The average Bonchev–Trinajstić information content (AvgIpc) is 3.31. The molecule has 28 heavy (non-hydrogen) atoms. The molecule has 2 aromatic heterocycles. The lowest BCUT2D eigenvalue weighted by Gasteiger charge is -2.28. The van der Waals surface area contributed by atoms with Crippen molar-refractivity contribution in [1.82, 2.24) is 14.7 Å². The van der Waals surface area contributed by atoms with Crippen molar-refractivity contribution in [2.24, 2.45) is 7.05 Å². The zero-order valence-electron chi connectivity index (χ0n) is 15.2. The molecule has 0 N–H and O–H groups in total. The van der Waals surface area contributed by atoms with Gasteiger partial charge in [0.15, 0.2) is 15.5 Å². The predicted molar refractivity (Wildman–Crippen MR) is 108 cm³/mol. The second-order valence-corrected chi connectivity index (χ2v) is 10.2. The molecule has 4 rings (SSSR count). The third kappa shape index (κ3) is 3.47. The first-order chi connectivity index (χ1) is 13.4. The molecule has 0 aliphatic carbocycles. The normalized spacial score (nSPS) is 18.4. The number of nitrogens with zero attached hydrogens (tertiary/aromatic N) is 3. The lowest BCUT2D eigenvalue weighted by atomic mass is 10.1. The van der Waals surface area contributed by atoms with Crippen molar-refractivity contribution in [3.8, 4) is 0 Å². The maximum absolute atomic E-state index is 13.5. The van der Waals surface area contributed by atoms with E-state index in [1.807, 2.05) is 17.5 Å². The summed E-state index contributed by atoms with van der Waals surface area (Å²) < 4.78 is 25.2. The van der Waals surface area contributed by atoms with E-state index in [1.165, 1.54) is 18.4 Å². The number of benzene rings is 1. The van der Waals surface area contributed by atoms with Gasteiger partial charge in [-0.2, -0.15) is 5.10 Å². The van der Waals surface area contributed by atoms with Crippen molar-refractivity contribution in [3.63, 3.8) is 0 Å². The molecule has 146 valence electrons. The van der Waals surface area contributed by atoms with Gasteiger partial charge >= 0.3 is 0 Å². The van der Waals surface area contributed by atoms with Crippen LogP contribution in [0.3, 0.4) is 0 Å². The molecule has 1 atom stereocenters. The Bertz CT molecular complexity index is 1200. The zero-order valence-corrected chi connectivity index (χ0v) is 16.9. The lowest BCUT2D eigenvalue weighted by Crippen LogP contribution is -2.41. The molecule has 1 unspecified atom stereocenters. The first-order valence-corrected chi connectivity index (χ1v) is 11.6. The van der Waals surface area contributed by atoms with Gasteiger partial charge in [-0.25, -0.2) is 13.1 Å². The molecule has 1 amide bonds. The van der Waals surface area contributed by atoms with Crippen LogP contribution in [0.25, 0.3) is 10.8 Å². The van der Waals surface area contributed by atoms with Gasteiger partial charge in [0, 0.05) is 23.4 Å². The van der Waals surface area contributed by atoms with Gasteiger partial charge in [-0.15, -0.1) is 11.3 Å². The van der Waals surface area contributed by atoms with Gasteiger partial charge in [0.05, 0.1) is 23.4 Å². The highest BCUT2D eigenvalue weighted by atomic mass is 32.2. The monoisotopic (exact) mass is 417 g/mol. The summed E-state index contributed by atoms with van der Waals surface area (Å²) in [6.45, 7) is 0.315. The summed E-state index contributed by atoms with van der Waals surface area (Å²) in [7, 11) is -1.65. The lowest BCUT2D eigenvalue weighted by molar-refractivity contribution is 0.0676. The smallest absolute Gasteiger partial charge is 0.275 e. The molecule has 0 saturated carbocycles. The van der Waals surface area contributed by atoms with E-state index in [9.17, 15) is 18.0 Å². The van der Waals surface area contributed by atoms with Crippen molar-refractivity contribution in [1.29, 1.82) is 0 Å². The van der Waals surface area contributed by atoms with Crippen molar-refractivity contribution >= 4 is 37.9 Å². The molecule has 1 aliphatic heterocycles. The van der Waals surface area contributed by atoms with Crippen LogP contribution < -0.4 is 5.56 Å². The standard InChI is InChI=1S/C19H19N3O4S2/c1-21-18(23)16-7-3-2-6-15(16)17(20-21)19(24)22(11-14-5-4-9-27-14)13-8-10-28(25,26)12-13/h2-7,9,13H,8,10-12H2,1H3. The molecular formula is C19H19N3O4S2.